The molecule has 50 heavy (non-hydrogen) atoms. The van der Waals surface area contributed by atoms with Crippen LogP contribution in [0.15, 0.2) is 160 Å². The van der Waals surface area contributed by atoms with E-state index in [-0.39, 0.29) is 0 Å². The van der Waals surface area contributed by atoms with Gasteiger partial charge in [-0.25, -0.2) is 15.0 Å². The van der Waals surface area contributed by atoms with Crippen LogP contribution in [0.4, 0.5) is 0 Å². The molecule has 3 heterocycles. The Hall–Kier alpha value is -6.85. The second-order valence-electron chi connectivity index (χ2n) is 12.7. The van der Waals surface area contributed by atoms with E-state index in [4.69, 9.17) is 23.8 Å². The van der Waals surface area contributed by atoms with Crippen molar-refractivity contribution in [2.45, 2.75) is 0 Å². The minimum absolute atomic E-state index is 0.607. The Morgan fingerprint density at radius 3 is 1.60 bits per heavy atom. The molecule has 0 spiro atoms. The molecule has 0 aliphatic rings. The highest BCUT2D eigenvalue weighted by Crippen LogP contribution is 2.47. The van der Waals surface area contributed by atoms with Crippen LogP contribution in [0.5, 0.6) is 0 Å². The summed E-state index contributed by atoms with van der Waals surface area (Å²) < 4.78 is 13.4. The van der Waals surface area contributed by atoms with Crippen molar-refractivity contribution in [3.63, 3.8) is 0 Å². The lowest BCUT2D eigenvalue weighted by Gasteiger charge is -2.10. The molecule has 11 aromatic rings. The van der Waals surface area contributed by atoms with Gasteiger partial charge in [0.25, 0.3) is 0 Å². The van der Waals surface area contributed by atoms with Gasteiger partial charge in [-0.2, -0.15) is 0 Å². The Bertz CT molecular complexity index is 3030. The number of hydrogen-bond acceptors (Lipinski definition) is 5. The molecule has 11 rings (SSSR count). The van der Waals surface area contributed by atoms with Crippen molar-refractivity contribution in [3.8, 4) is 45.3 Å². The van der Waals surface area contributed by atoms with Crippen molar-refractivity contribution in [1.29, 1.82) is 0 Å². The van der Waals surface area contributed by atoms with Gasteiger partial charge in [-0.3, -0.25) is 0 Å². The van der Waals surface area contributed by atoms with E-state index in [2.05, 4.69) is 78.9 Å². The van der Waals surface area contributed by atoms with E-state index in [1.165, 1.54) is 26.9 Å². The Balaban J connectivity index is 1.11. The van der Waals surface area contributed by atoms with E-state index >= 15 is 0 Å². The van der Waals surface area contributed by atoms with E-state index in [1.54, 1.807) is 0 Å². The number of nitrogens with zero attached hydrogens (tertiary/aromatic N) is 3. The van der Waals surface area contributed by atoms with Crippen molar-refractivity contribution in [1.82, 2.24) is 15.0 Å². The van der Waals surface area contributed by atoms with Crippen LogP contribution in [0.25, 0.3) is 111 Å². The predicted octanol–water partition coefficient (Wildman–Crippen LogP) is 12.1. The molecule has 5 heteroatoms. The SMILES string of the molecule is c1ccc(-c2nc(-c3ccccc3)nc(-c3ccc4oc5c(-c6ccc7c8ccccc8c8cccc9oc6c7c98)cccc5c4c3)n2)cc1. The Morgan fingerprint density at radius 2 is 0.880 bits per heavy atom. The standard InChI is InChI=1S/C45H25N3O2/c1-3-11-26(12-4-1)43-46-44(27-13-5-2-6-14-27)48-45(47-43)28-21-24-37-36(25-28)34-19-9-18-33(41(34)49-37)35-23-22-32-30-16-8-7-15-29(30)31-17-10-20-38-39(31)40(32)42(35)50-38/h1-25H. The lowest BCUT2D eigenvalue weighted by molar-refractivity contribution is 0.665. The summed E-state index contributed by atoms with van der Waals surface area (Å²) >= 11 is 0. The molecule has 8 aromatic carbocycles. The monoisotopic (exact) mass is 639 g/mol. The first-order chi connectivity index (χ1) is 24.8. The van der Waals surface area contributed by atoms with Crippen LogP contribution < -0.4 is 0 Å². The van der Waals surface area contributed by atoms with Gasteiger partial charge in [-0.05, 0) is 51.9 Å². The van der Waals surface area contributed by atoms with Crippen molar-refractivity contribution >= 4 is 65.4 Å². The number of benzene rings is 8. The van der Waals surface area contributed by atoms with E-state index in [1.807, 2.05) is 72.8 Å². The summed E-state index contributed by atoms with van der Waals surface area (Å²) in [4.78, 5) is 14.8. The second-order valence-corrected chi connectivity index (χ2v) is 12.7. The van der Waals surface area contributed by atoms with E-state index in [0.717, 1.165) is 66.3 Å². The molecule has 0 fully saturated rings. The molecule has 0 radical (unpaired) electrons. The molecule has 0 bridgehead atoms. The average Bonchev–Trinajstić information content (AvgIpc) is 3.77. The maximum Gasteiger partial charge on any atom is 0.164 e. The summed E-state index contributed by atoms with van der Waals surface area (Å²) in [6, 6.07) is 52.0. The lowest BCUT2D eigenvalue weighted by Crippen LogP contribution is -2.00. The fraction of sp³-hybridized carbons (Fsp3) is 0. The van der Waals surface area contributed by atoms with Gasteiger partial charge in [0.15, 0.2) is 17.5 Å². The third kappa shape index (κ3) is 3.92. The van der Waals surface area contributed by atoms with Gasteiger partial charge in [0.05, 0.1) is 0 Å². The van der Waals surface area contributed by atoms with Crippen molar-refractivity contribution in [3.05, 3.63) is 152 Å². The molecule has 0 saturated heterocycles. The Labute approximate surface area is 285 Å². The highest BCUT2D eigenvalue weighted by molar-refractivity contribution is 6.34. The second kappa shape index (κ2) is 10.3. The molecular formula is C45H25N3O2. The molecule has 0 N–H and O–H groups in total. The average molecular weight is 640 g/mol. The number of para-hydroxylation sites is 1. The molecule has 0 unspecified atom stereocenters. The van der Waals surface area contributed by atoms with Gasteiger partial charge in [0.1, 0.15) is 22.3 Å². The molecule has 0 atom stereocenters. The van der Waals surface area contributed by atoms with Crippen molar-refractivity contribution in [2.24, 2.45) is 0 Å². The molecule has 0 amide bonds. The third-order valence-corrected chi connectivity index (χ3v) is 9.90. The summed E-state index contributed by atoms with van der Waals surface area (Å²) in [5, 5.41) is 9.20. The molecule has 0 aliphatic heterocycles. The fourth-order valence-corrected chi connectivity index (χ4v) is 7.62. The lowest BCUT2D eigenvalue weighted by atomic mass is 9.91. The first-order valence-electron chi connectivity index (χ1n) is 16.7. The molecule has 0 aliphatic carbocycles. The van der Waals surface area contributed by atoms with Crippen LogP contribution in [-0.4, -0.2) is 15.0 Å². The van der Waals surface area contributed by atoms with Crippen LogP contribution in [0.3, 0.4) is 0 Å². The van der Waals surface area contributed by atoms with E-state index < -0.39 is 0 Å². The Kier molecular flexibility index (Phi) is 5.60. The van der Waals surface area contributed by atoms with Crippen molar-refractivity contribution < 1.29 is 8.83 Å². The number of furan rings is 2. The van der Waals surface area contributed by atoms with Gasteiger partial charge in [0.2, 0.25) is 0 Å². The zero-order valence-electron chi connectivity index (χ0n) is 26.6. The first kappa shape index (κ1) is 27.1. The highest BCUT2D eigenvalue weighted by Gasteiger charge is 2.22. The van der Waals surface area contributed by atoms with Gasteiger partial charge in [0, 0.05) is 49.4 Å². The molecule has 0 saturated carbocycles. The predicted molar refractivity (Wildman–Crippen MR) is 202 cm³/mol. The zero-order chi connectivity index (χ0) is 32.8. The minimum atomic E-state index is 0.607. The highest BCUT2D eigenvalue weighted by atomic mass is 16.3. The van der Waals surface area contributed by atoms with Crippen LogP contribution in [-0.2, 0) is 0 Å². The first-order valence-corrected chi connectivity index (χ1v) is 16.7. The topological polar surface area (TPSA) is 65.0 Å². The number of aromatic nitrogens is 3. The van der Waals surface area contributed by atoms with Gasteiger partial charge in [-0.15, -0.1) is 0 Å². The van der Waals surface area contributed by atoms with Gasteiger partial charge < -0.3 is 8.83 Å². The summed E-state index contributed by atoms with van der Waals surface area (Å²) in [7, 11) is 0. The quantitative estimate of drug-likeness (QED) is 0.179. The zero-order valence-corrected chi connectivity index (χ0v) is 26.6. The fourth-order valence-electron chi connectivity index (χ4n) is 7.62. The summed E-state index contributed by atoms with van der Waals surface area (Å²) in [5.74, 6) is 1.87. The molecular weight excluding hydrogens is 615 g/mol. The molecule has 3 aromatic heterocycles. The van der Waals surface area contributed by atoms with Crippen LogP contribution in [0, 0.1) is 0 Å². The largest absolute Gasteiger partial charge is 0.455 e. The normalized spacial score (nSPS) is 12.0. The summed E-state index contributed by atoms with van der Waals surface area (Å²) in [5.41, 5.74) is 8.14. The smallest absolute Gasteiger partial charge is 0.164 e. The van der Waals surface area contributed by atoms with Gasteiger partial charge in [-0.1, -0.05) is 121 Å². The maximum atomic E-state index is 6.70. The van der Waals surface area contributed by atoms with Crippen LogP contribution in [0.1, 0.15) is 0 Å². The Morgan fingerprint density at radius 1 is 0.320 bits per heavy atom. The molecule has 5 nitrogen and oxygen atoms in total. The van der Waals surface area contributed by atoms with Crippen LogP contribution in [0.2, 0.25) is 0 Å². The number of fused-ring (bicyclic) bond motifs is 6. The molecule has 232 valence electrons. The van der Waals surface area contributed by atoms with Crippen molar-refractivity contribution in [2.75, 3.05) is 0 Å². The summed E-state index contributed by atoms with van der Waals surface area (Å²) in [6.07, 6.45) is 0. The number of rotatable bonds is 4. The van der Waals surface area contributed by atoms with E-state index in [9.17, 15) is 0 Å². The van der Waals surface area contributed by atoms with E-state index in [0.29, 0.717) is 17.5 Å². The number of hydrogen-bond donors (Lipinski definition) is 0. The third-order valence-electron chi connectivity index (χ3n) is 9.90. The van der Waals surface area contributed by atoms with Crippen LogP contribution >= 0.6 is 0 Å². The maximum absolute atomic E-state index is 6.70. The van der Waals surface area contributed by atoms with Gasteiger partial charge >= 0.3 is 0 Å². The summed E-state index contributed by atoms with van der Waals surface area (Å²) in [6.45, 7) is 0. The minimum Gasteiger partial charge on any atom is -0.455 e.